The average molecular weight is 388 g/mol. The largest absolute Gasteiger partial charge is 0.491 e. The van der Waals surface area contributed by atoms with Crippen LogP contribution >= 0.6 is 11.3 Å². The molecular weight excluding hydrogens is 368 g/mol. The Kier molecular flexibility index (Phi) is 6.08. The molecule has 0 saturated carbocycles. The zero-order valence-corrected chi connectivity index (χ0v) is 15.7. The maximum absolute atomic E-state index is 12.3. The van der Waals surface area contributed by atoms with E-state index in [-0.39, 0.29) is 31.5 Å². The molecule has 1 aliphatic heterocycles. The van der Waals surface area contributed by atoms with E-state index in [2.05, 4.69) is 5.32 Å². The Morgan fingerprint density at radius 1 is 1.30 bits per heavy atom. The van der Waals surface area contributed by atoms with E-state index in [9.17, 15) is 14.4 Å². The van der Waals surface area contributed by atoms with Gasteiger partial charge in [0.05, 0.1) is 24.8 Å². The summed E-state index contributed by atoms with van der Waals surface area (Å²) in [4.78, 5) is 38.8. The Balaban J connectivity index is 1.54. The van der Waals surface area contributed by atoms with Crippen molar-refractivity contribution in [3.63, 3.8) is 0 Å². The van der Waals surface area contributed by atoms with Crippen LogP contribution in [0.1, 0.15) is 24.3 Å². The molecule has 0 unspecified atom stereocenters. The number of nitrogens with zero attached hydrogens (tertiary/aromatic N) is 1. The van der Waals surface area contributed by atoms with E-state index in [0.717, 1.165) is 4.88 Å². The lowest BCUT2D eigenvalue weighted by Crippen LogP contribution is -2.37. The molecule has 1 atom stereocenters. The predicted octanol–water partition coefficient (Wildman–Crippen LogP) is 2.28. The molecule has 0 saturated heterocycles. The van der Waals surface area contributed by atoms with Gasteiger partial charge in [-0.25, -0.2) is 0 Å². The molecule has 0 bridgehead atoms. The highest BCUT2D eigenvalue weighted by atomic mass is 32.1. The van der Waals surface area contributed by atoms with Crippen LogP contribution in [0.15, 0.2) is 41.8 Å². The number of rotatable bonds is 6. The molecule has 0 spiro atoms. The van der Waals surface area contributed by atoms with Gasteiger partial charge in [0, 0.05) is 4.88 Å². The molecule has 2 amide bonds. The molecule has 7 nitrogen and oxygen atoms in total. The first kappa shape index (κ1) is 18.9. The molecule has 8 heteroatoms. The Labute approximate surface area is 160 Å². The molecule has 3 rings (SSSR count). The van der Waals surface area contributed by atoms with Gasteiger partial charge >= 0.3 is 5.97 Å². The van der Waals surface area contributed by atoms with Crippen LogP contribution in [0.25, 0.3) is 0 Å². The molecular formula is C19H20N2O5S. The molecule has 142 valence electrons. The van der Waals surface area contributed by atoms with Crippen molar-refractivity contribution in [3.05, 3.63) is 46.7 Å². The lowest BCUT2D eigenvalue weighted by molar-refractivity contribution is -0.147. The van der Waals surface area contributed by atoms with Crippen molar-refractivity contribution < 1.29 is 23.9 Å². The smallest absolute Gasteiger partial charge is 0.326 e. The van der Waals surface area contributed by atoms with Gasteiger partial charge in [-0.15, -0.1) is 11.3 Å². The summed E-state index contributed by atoms with van der Waals surface area (Å²) in [5.41, 5.74) is 0.521. The molecule has 2 heterocycles. The zero-order valence-electron chi connectivity index (χ0n) is 14.8. The fourth-order valence-electron chi connectivity index (χ4n) is 2.71. The second kappa shape index (κ2) is 8.68. The summed E-state index contributed by atoms with van der Waals surface area (Å²) >= 11 is 1.54. The molecule has 27 heavy (non-hydrogen) atoms. The molecule has 0 radical (unpaired) electrons. The number of hydrogen-bond acceptors (Lipinski definition) is 6. The fraction of sp³-hybridized carbons (Fsp3) is 0.316. The monoisotopic (exact) mass is 388 g/mol. The Hall–Kier alpha value is -2.87. The van der Waals surface area contributed by atoms with Crippen LogP contribution in [0.2, 0.25) is 0 Å². The van der Waals surface area contributed by atoms with Gasteiger partial charge in [0.15, 0.2) is 6.61 Å². The fourth-order valence-corrected chi connectivity index (χ4v) is 3.44. The van der Waals surface area contributed by atoms with Crippen molar-refractivity contribution in [1.29, 1.82) is 0 Å². The molecule has 1 aliphatic rings. The Morgan fingerprint density at radius 3 is 2.89 bits per heavy atom. The van der Waals surface area contributed by atoms with Crippen LogP contribution in [-0.2, 0) is 19.1 Å². The van der Waals surface area contributed by atoms with Crippen molar-refractivity contribution in [2.24, 2.45) is 0 Å². The summed E-state index contributed by atoms with van der Waals surface area (Å²) in [6, 6.07) is 10.7. The topological polar surface area (TPSA) is 84.9 Å². The number of amides is 2. The Bertz CT molecular complexity index is 821. The number of hydrogen-bond donors (Lipinski definition) is 1. The number of thiophene rings is 1. The lowest BCUT2D eigenvalue weighted by atomic mass is 10.2. The van der Waals surface area contributed by atoms with Crippen molar-refractivity contribution >= 4 is 34.8 Å². The SMILES string of the molecule is C[C@H](NC(=O)COC(=O)CN1C(=O)CCOc2ccccc21)c1cccs1. The average Bonchev–Trinajstić information content (AvgIpc) is 3.15. The normalized spacial score (nSPS) is 14.6. The van der Waals surface area contributed by atoms with E-state index < -0.39 is 18.5 Å². The third kappa shape index (κ3) is 4.85. The minimum absolute atomic E-state index is 0.160. The minimum atomic E-state index is -0.654. The van der Waals surface area contributed by atoms with Gasteiger partial charge in [-0.1, -0.05) is 18.2 Å². The van der Waals surface area contributed by atoms with Crippen LogP contribution in [0, 0.1) is 0 Å². The second-order valence-electron chi connectivity index (χ2n) is 6.01. The van der Waals surface area contributed by atoms with Gasteiger partial charge in [-0.2, -0.15) is 0 Å². The molecule has 0 fully saturated rings. The van der Waals surface area contributed by atoms with Crippen molar-refractivity contribution in [2.75, 3.05) is 24.7 Å². The predicted molar refractivity (Wildman–Crippen MR) is 101 cm³/mol. The van der Waals surface area contributed by atoms with Gasteiger partial charge in [-0.05, 0) is 30.5 Å². The highest BCUT2D eigenvalue weighted by Gasteiger charge is 2.26. The molecule has 0 aliphatic carbocycles. The van der Waals surface area contributed by atoms with Crippen molar-refractivity contribution in [1.82, 2.24) is 5.32 Å². The number of ether oxygens (including phenoxy) is 2. The number of carbonyl (C=O) groups is 3. The molecule has 1 N–H and O–H groups in total. The number of benzene rings is 1. The van der Waals surface area contributed by atoms with Gasteiger partial charge in [0.25, 0.3) is 5.91 Å². The van der Waals surface area contributed by atoms with Gasteiger partial charge < -0.3 is 14.8 Å². The first-order valence-electron chi connectivity index (χ1n) is 8.55. The number of anilines is 1. The minimum Gasteiger partial charge on any atom is -0.491 e. The standard InChI is InChI=1S/C19H20N2O5S/c1-13(16-7-4-10-27-16)20-17(22)12-26-19(24)11-21-14-5-2-3-6-15(14)25-9-8-18(21)23/h2-7,10,13H,8-9,11-12H2,1H3,(H,20,22)/t13-/m0/s1. The lowest BCUT2D eigenvalue weighted by Gasteiger charge is -2.21. The number of nitrogens with one attached hydrogen (secondary N) is 1. The molecule has 1 aromatic heterocycles. The molecule has 1 aromatic carbocycles. The van der Waals surface area contributed by atoms with Crippen molar-refractivity contribution in [3.8, 4) is 5.75 Å². The highest BCUT2D eigenvalue weighted by molar-refractivity contribution is 7.10. The summed E-state index contributed by atoms with van der Waals surface area (Å²) in [7, 11) is 0. The van der Waals surface area contributed by atoms with Crippen LogP contribution in [0.5, 0.6) is 5.75 Å². The maximum Gasteiger partial charge on any atom is 0.326 e. The maximum atomic E-state index is 12.3. The quantitative estimate of drug-likeness (QED) is 0.768. The summed E-state index contributed by atoms with van der Waals surface area (Å²) in [6.07, 6.45) is 0.167. The third-order valence-electron chi connectivity index (χ3n) is 4.03. The second-order valence-corrected chi connectivity index (χ2v) is 6.99. The highest BCUT2D eigenvalue weighted by Crippen LogP contribution is 2.30. The summed E-state index contributed by atoms with van der Waals surface area (Å²) in [5.74, 6) is -0.736. The van der Waals surface area contributed by atoms with Crippen LogP contribution in [-0.4, -0.2) is 37.5 Å². The van der Waals surface area contributed by atoms with Crippen LogP contribution in [0.3, 0.4) is 0 Å². The van der Waals surface area contributed by atoms with E-state index in [4.69, 9.17) is 9.47 Å². The summed E-state index contributed by atoms with van der Waals surface area (Å²) in [6.45, 7) is 1.45. The van der Waals surface area contributed by atoms with E-state index in [1.807, 2.05) is 24.4 Å². The number of esters is 1. The number of fused-ring (bicyclic) bond motifs is 1. The first-order chi connectivity index (χ1) is 13.0. The zero-order chi connectivity index (χ0) is 19.2. The van der Waals surface area contributed by atoms with Crippen molar-refractivity contribution in [2.45, 2.75) is 19.4 Å². The summed E-state index contributed by atoms with van der Waals surface area (Å²) in [5, 5.41) is 4.70. The van der Waals surface area contributed by atoms with Gasteiger partial charge in [0.2, 0.25) is 5.91 Å². The van der Waals surface area contributed by atoms with E-state index in [1.54, 1.807) is 24.3 Å². The number of para-hydroxylation sites is 2. The third-order valence-corrected chi connectivity index (χ3v) is 5.08. The first-order valence-corrected chi connectivity index (χ1v) is 9.43. The van der Waals surface area contributed by atoms with E-state index >= 15 is 0 Å². The van der Waals surface area contributed by atoms with E-state index in [1.165, 1.54) is 16.2 Å². The van der Waals surface area contributed by atoms with Gasteiger partial charge in [-0.3, -0.25) is 19.3 Å². The Morgan fingerprint density at radius 2 is 2.11 bits per heavy atom. The molecule has 2 aromatic rings. The van der Waals surface area contributed by atoms with Gasteiger partial charge in [0.1, 0.15) is 12.3 Å². The summed E-state index contributed by atoms with van der Waals surface area (Å²) < 4.78 is 10.6. The number of carbonyl (C=O) groups excluding carboxylic acids is 3. The van der Waals surface area contributed by atoms with Crippen LogP contribution < -0.4 is 15.0 Å². The van der Waals surface area contributed by atoms with E-state index in [0.29, 0.717) is 11.4 Å². The van der Waals surface area contributed by atoms with Crippen LogP contribution in [0.4, 0.5) is 5.69 Å².